The summed E-state index contributed by atoms with van der Waals surface area (Å²) < 4.78 is 44.9. The van der Waals surface area contributed by atoms with Crippen molar-refractivity contribution in [1.82, 2.24) is 28.7 Å². The molecule has 0 atom stereocenters. The number of imidazole rings is 1. The van der Waals surface area contributed by atoms with Gasteiger partial charge in [-0.1, -0.05) is 24.3 Å². The summed E-state index contributed by atoms with van der Waals surface area (Å²) in [5, 5.41) is 8.56. The number of rotatable bonds is 2. The molecule has 3 aromatic heterocycles. The van der Waals surface area contributed by atoms with Gasteiger partial charge in [0.15, 0.2) is 5.82 Å². The highest BCUT2D eigenvalue weighted by molar-refractivity contribution is 5.80. The summed E-state index contributed by atoms with van der Waals surface area (Å²) in [5.41, 5.74) is 0.858. The summed E-state index contributed by atoms with van der Waals surface area (Å²) in [6.45, 7) is -0.210. The first-order chi connectivity index (χ1) is 13.9. The monoisotopic (exact) mass is 398 g/mol. The fourth-order valence-electron chi connectivity index (χ4n) is 3.59. The number of hydrogen-bond donors (Lipinski definition) is 0. The van der Waals surface area contributed by atoms with Gasteiger partial charge in [0.25, 0.3) is 5.56 Å². The van der Waals surface area contributed by atoms with Gasteiger partial charge in [-0.25, -0.2) is 4.98 Å². The lowest BCUT2D eigenvalue weighted by Crippen LogP contribution is -2.21. The SMILES string of the molecule is Cn1c(=O)c2ccccc2n2c(Cn3c(C(F)(F)F)nc4ccccc43)nnc12. The van der Waals surface area contributed by atoms with Crippen molar-refractivity contribution in [2.75, 3.05) is 0 Å². The minimum absolute atomic E-state index is 0.210. The van der Waals surface area contributed by atoms with Gasteiger partial charge in [-0.15, -0.1) is 10.2 Å². The quantitative estimate of drug-likeness (QED) is 0.458. The van der Waals surface area contributed by atoms with Crippen LogP contribution in [-0.4, -0.2) is 28.7 Å². The van der Waals surface area contributed by atoms with E-state index in [-0.39, 0.29) is 29.2 Å². The highest BCUT2D eigenvalue weighted by Crippen LogP contribution is 2.32. The maximum Gasteiger partial charge on any atom is 0.449 e. The Kier molecular flexibility index (Phi) is 3.54. The zero-order chi connectivity index (χ0) is 20.3. The molecule has 146 valence electrons. The van der Waals surface area contributed by atoms with E-state index in [1.54, 1.807) is 53.9 Å². The van der Waals surface area contributed by atoms with Crippen molar-refractivity contribution in [3.05, 3.63) is 70.5 Å². The number of alkyl halides is 3. The highest BCUT2D eigenvalue weighted by Gasteiger charge is 2.38. The molecule has 0 amide bonds. The van der Waals surface area contributed by atoms with Crippen LogP contribution in [0.4, 0.5) is 13.2 Å². The molecule has 0 aliphatic rings. The van der Waals surface area contributed by atoms with Crippen molar-refractivity contribution in [3.63, 3.8) is 0 Å². The lowest BCUT2D eigenvalue weighted by Gasteiger charge is -2.12. The summed E-state index contributed by atoms with van der Waals surface area (Å²) in [5.74, 6) is -0.494. The Morgan fingerprint density at radius 3 is 2.41 bits per heavy atom. The van der Waals surface area contributed by atoms with Crippen molar-refractivity contribution < 1.29 is 13.2 Å². The maximum absolute atomic E-state index is 13.6. The van der Waals surface area contributed by atoms with E-state index < -0.39 is 12.0 Å². The standard InChI is InChI=1S/C19H13F3N6O/c1-26-16(29)11-6-2-4-8-13(11)28-15(24-25-18(26)28)10-27-14-9-5-3-7-12(14)23-17(27)19(20,21)22/h2-9H,10H2,1H3. The molecular weight excluding hydrogens is 385 g/mol. The van der Waals surface area contributed by atoms with E-state index in [0.717, 1.165) is 4.57 Å². The second-order valence-corrected chi connectivity index (χ2v) is 6.64. The predicted molar refractivity (Wildman–Crippen MR) is 99.6 cm³/mol. The number of hydrogen-bond acceptors (Lipinski definition) is 4. The molecule has 0 N–H and O–H groups in total. The molecule has 0 bridgehead atoms. The van der Waals surface area contributed by atoms with E-state index >= 15 is 0 Å². The van der Waals surface area contributed by atoms with Crippen LogP contribution < -0.4 is 5.56 Å². The van der Waals surface area contributed by atoms with Crippen LogP contribution in [0.3, 0.4) is 0 Å². The molecule has 7 nitrogen and oxygen atoms in total. The van der Waals surface area contributed by atoms with E-state index in [4.69, 9.17) is 0 Å². The molecule has 5 rings (SSSR count). The highest BCUT2D eigenvalue weighted by atomic mass is 19.4. The van der Waals surface area contributed by atoms with Crippen molar-refractivity contribution in [1.29, 1.82) is 0 Å². The van der Waals surface area contributed by atoms with Gasteiger partial charge in [-0.3, -0.25) is 13.8 Å². The van der Waals surface area contributed by atoms with E-state index in [9.17, 15) is 18.0 Å². The van der Waals surface area contributed by atoms with Crippen LogP contribution in [0.25, 0.3) is 27.7 Å². The third kappa shape index (κ3) is 2.52. The van der Waals surface area contributed by atoms with Crippen molar-refractivity contribution in [3.8, 4) is 0 Å². The minimum atomic E-state index is -4.63. The second kappa shape index (κ2) is 5.90. The first kappa shape index (κ1) is 17.4. The fraction of sp³-hybridized carbons (Fsp3) is 0.158. The summed E-state index contributed by atoms with van der Waals surface area (Å²) >= 11 is 0. The Labute approximate surface area is 160 Å². The molecule has 0 spiro atoms. The van der Waals surface area contributed by atoms with Gasteiger partial charge in [0.1, 0.15) is 0 Å². The lowest BCUT2D eigenvalue weighted by molar-refractivity contribution is -0.146. The molecule has 3 heterocycles. The molecule has 0 aliphatic carbocycles. The molecule has 0 fully saturated rings. The van der Waals surface area contributed by atoms with Crippen molar-refractivity contribution in [2.24, 2.45) is 7.05 Å². The Morgan fingerprint density at radius 2 is 1.66 bits per heavy atom. The number of nitrogens with zero attached hydrogens (tertiary/aromatic N) is 6. The predicted octanol–water partition coefficient (Wildman–Crippen LogP) is 3.00. The number of para-hydroxylation sites is 3. The summed E-state index contributed by atoms with van der Waals surface area (Å²) in [6.07, 6.45) is -4.63. The minimum Gasteiger partial charge on any atom is -0.313 e. The number of halogens is 3. The maximum atomic E-state index is 13.6. The topological polar surface area (TPSA) is 70.0 Å². The fourth-order valence-corrected chi connectivity index (χ4v) is 3.59. The van der Waals surface area contributed by atoms with Crippen molar-refractivity contribution in [2.45, 2.75) is 12.7 Å². The van der Waals surface area contributed by atoms with E-state index in [0.29, 0.717) is 16.4 Å². The number of aryl methyl sites for hydroxylation is 1. The van der Waals surface area contributed by atoms with Crippen LogP contribution >= 0.6 is 0 Å². The Balaban J connectivity index is 1.81. The van der Waals surface area contributed by atoms with Crippen LogP contribution in [-0.2, 0) is 19.8 Å². The van der Waals surface area contributed by atoms with Crippen LogP contribution in [0.2, 0.25) is 0 Å². The Hall–Kier alpha value is -3.69. The molecule has 0 saturated heterocycles. The molecule has 0 aliphatic heterocycles. The lowest BCUT2D eigenvalue weighted by atomic mass is 10.2. The molecule has 2 aromatic carbocycles. The largest absolute Gasteiger partial charge is 0.449 e. The number of fused-ring (bicyclic) bond motifs is 4. The molecule has 0 saturated carbocycles. The van der Waals surface area contributed by atoms with Gasteiger partial charge in [0, 0.05) is 7.05 Å². The molecular formula is C19H13F3N6O. The summed E-state index contributed by atoms with van der Waals surface area (Å²) in [4.78, 5) is 16.3. The first-order valence-corrected chi connectivity index (χ1v) is 8.70. The molecule has 0 radical (unpaired) electrons. The average Bonchev–Trinajstić information content (AvgIpc) is 3.29. The van der Waals surface area contributed by atoms with Gasteiger partial charge in [-0.2, -0.15) is 13.2 Å². The first-order valence-electron chi connectivity index (χ1n) is 8.70. The average molecular weight is 398 g/mol. The second-order valence-electron chi connectivity index (χ2n) is 6.64. The van der Waals surface area contributed by atoms with E-state index in [1.165, 1.54) is 10.6 Å². The Bertz CT molecular complexity index is 1460. The molecule has 10 heteroatoms. The van der Waals surface area contributed by atoms with Gasteiger partial charge < -0.3 is 4.57 Å². The van der Waals surface area contributed by atoms with E-state index in [2.05, 4.69) is 15.2 Å². The van der Waals surface area contributed by atoms with Crippen LogP contribution in [0, 0.1) is 0 Å². The zero-order valence-corrected chi connectivity index (χ0v) is 15.1. The smallest absolute Gasteiger partial charge is 0.313 e. The third-order valence-corrected chi connectivity index (χ3v) is 4.90. The third-order valence-electron chi connectivity index (χ3n) is 4.90. The van der Waals surface area contributed by atoms with Crippen molar-refractivity contribution >= 4 is 27.7 Å². The van der Waals surface area contributed by atoms with Crippen LogP contribution in [0.1, 0.15) is 11.6 Å². The van der Waals surface area contributed by atoms with Gasteiger partial charge in [0.2, 0.25) is 11.6 Å². The summed E-state index contributed by atoms with van der Waals surface area (Å²) in [7, 11) is 1.55. The van der Waals surface area contributed by atoms with Crippen LogP contribution in [0.5, 0.6) is 0 Å². The normalized spacial score (nSPS) is 12.4. The van der Waals surface area contributed by atoms with Gasteiger partial charge in [-0.05, 0) is 24.3 Å². The van der Waals surface area contributed by atoms with E-state index in [1.807, 2.05) is 0 Å². The molecule has 0 unspecified atom stereocenters. The zero-order valence-electron chi connectivity index (χ0n) is 15.1. The molecule has 29 heavy (non-hydrogen) atoms. The van der Waals surface area contributed by atoms with Crippen LogP contribution in [0.15, 0.2) is 53.3 Å². The number of aromatic nitrogens is 6. The van der Waals surface area contributed by atoms with Gasteiger partial charge >= 0.3 is 6.18 Å². The Morgan fingerprint density at radius 1 is 0.966 bits per heavy atom. The number of benzene rings is 2. The summed E-state index contributed by atoms with van der Waals surface area (Å²) in [6, 6.07) is 13.2. The molecule has 5 aromatic rings. The van der Waals surface area contributed by atoms with Gasteiger partial charge in [0.05, 0.1) is 28.5 Å².